The van der Waals surface area contributed by atoms with E-state index in [1.807, 2.05) is 19.9 Å². The van der Waals surface area contributed by atoms with Crippen LogP contribution < -0.4 is 10.5 Å². The van der Waals surface area contributed by atoms with Crippen molar-refractivity contribution < 1.29 is 4.74 Å². The van der Waals surface area contributed by atoms with Crippen LogP contribution in [0.4, 0.5) is 0 Å². The number of benzene rings is 1. The van der Waals surface area contributed by atoms with Gasteiger partial charge in [-0.3, -0.25) is 0 Å². The predicted molar refractivity (Wildman–Crippen MR) is 76.4 cm³/mol. The van der Waals surface area contributed by atoms with Crippen LogP contribution in [0.25, 0.3) is 0 Å². The van der Waals surface area contributed by atoms with Crippen LogP contribution in [0.3, 0.4) is 0 Å². The number of nitrogens with two attached hydrogens (primary N) is 1. The molecule has 1 saturated carbocycles. The molecule has 0 amide bonds. The van der Waals surface area contributed by atoms with Crippen molar-refractivity contribution in [2.45, 2.75) is 45.6 Å². The highest BCUT2D eigenvalue weighted by atomic mass is 35.5. The molecule has 100 valence electrons. The van der Waals surface area contributed by atoms with Gasteiger partial charge in [0.05, 0.1) is 7.11 Å². The van der Waals surface area contributed by atoms with E-state index in [9.17, 15) is 0 Å². The van der Waals surface area contributed by atoms with Gasteiger partial charge in [0, 0.05) is 16.6 Å². The Morgan fingerprint density at radius 1 is 1.33 bits per heavy atom. The summed E-state index contributed by atoms with van der Waals surface area (Å²) in [5.74, 6) is 1.45. The first-order valence-electron chi connectivity index (χ1n) is 6.65. The van der Waals surface area contributed by atoms with Gasteiger partial charge in [-0.15, -0.1) is 0 Å². The fourth-order valence-corrected chi connectivity index (χ4v) is 3.23. The normalized spacial score (nSPS) is 18.1. The lowest BCUT2D eigenvalue weighted by Gasteiger charge is -2.24. The van der Waals surface area contributed by atoms with Crippen molar-refractivity contribution in [2.24, 2.45) is 11.7 Å². The van der Waals surface area contributed by atoms with Gasteiger partial charge in [0.2, 0.25) is 0 Å². The first kappa shape index (κ1) is 13.7. The Bertz CT molecular complexity index is 439. The summed E-state index contributed by atoms with van der Waals surface area (Å²) in [5, 5.41) is 0.819. The number of methoxy groups -OCH3 is 1. The zero-order valence-electron chi connectivity index (χ0n) is 11.4. The van der Waals surface area contributed by atoms with Crippen molar-refractivity contribution in [2.75, 3.05) is 7.11 Å². The molecule has 0 aliphatic heterocycles. The van der Waals surface area contributed by atoms with E-state index in [4.69, 9.17) is 22.1 Å². The standard InChI is InChI=1S/C15H22ClNO/c1-9-8-12(18-3)13(10(2)14(9)16)15(17)11-6-4-5-7-11/h8,11,15H,4-7,17H2,1-3H3. The molecule has 1 aromatic carbocycles. The van der Waals surface area contributed by atoms with Crippen LogP contribution in [-0.4, -0.2) is 7.11 Å². The molecule has 2 N–H and O–H groups in total. The first-order valence-corrected chi connectivity index (χ1v) is 7.03. The van der Waals surface area contributed by atoms with Crippen molar-refractivity contribution in [3.05, 3.63) is 27.8 Å². The maximum Gasteiger partial charge on any atom is 0.124 e. The molecule has 2 nitrogen and oxygen atoms in total. The maximum atomic E-state index is 6.46. The number of ether oxygens (including phenoxy) is 1. The SMILES string of the molecule is COc1cc(C)c(Cl)c(C)c1C(N)C1CCCC1. The summed E-state index contributed by atoms with van der Waals surface area (Å²) in [5.41, 5.74) is 9.68. The summed E-state index contributed by atoms with van der Waals surface area (Å²) in [4.78, 5) is 0. The van der Waals surface area contributed by atoms with E-state index in [0.29, 0.717) is 5.92 Å². The van der Waals surface area contributed by atoms with Crippen molar-refractivity contribution in [1.29, 1.82) is 0 Å². The van der Waals surface area contributed by atoms with Gasteiger partial charge in [0.15, 0.2) is 0 Å². The summed E-state index contributed by atoms with van der Waals surface area (Å²) >= 11 is 6.35. The molecule has 0 radical (unpaired) electrons. The minimum Gasteiger partial charge on any atom is -0.496 e. The summed E-state index contributed by atoms with van der Waals surface area (Å²) in [6.07, 6.45) is 5.02. The Hall–Kier alpha value is -0.730. The smallest absolute Gasteiger partial charge is 0.124 e. The van der Waals surface area contributed by atoms with E-state index in [0.717, 1.165) is 27.5 Å². The van der Waals surface area contributed by atoms with E-state index >= 15 is 0 Å². The highest BCUT2D eigenvalue weighted by molar-refractivity contribution is 6.32. The molecular weight excluding hydrogens is 246 g/mol. The van der Waals surface area contributed by atoms with Crippen molar-refractivity contribution >= 4 is 11.6 Å². The van der Waals surface area contributed by atoms with Crippen molar-refractivity contribution in [1.82, 2.24) is 0 Å². The molecule has 1 aliphatic rings. The molecule has 2 rings (SSSR count). The van der Waals surface area contributed by atoms with Crippen LogP contribution in [0.15, 0.2) is 6.07 Å². The Labute approximate surface area is 114 Å². The van der Waals surface area contributed by atoms with Gasteiger partial charge in [-0.2, -0.15) is 0 Å². The lowest BCUT2D eigenvalue weighted by atomic mass is 9.88. The van der Waals surface area contributed by atoms with Gasteiger partial charge in [-0.05, 0) is 49.8 Å². The molecular formula is C15H22ClNO. The summed E-state index contributed by atoms with van der Waals surface area (Å²) in [6, 6.07) is 2.04. The maximum absolute atomic E-state index is 6.46. The Morgan fingerprint density at radius 3 is 2.50 bits per heavy atom. The number of halogens is 1. The third kappa shape index (κ3) is 2.36. The second-order valence-corrected chi connectivity index (χ2v) is 5.70. The van der Waals surface area contributed by atoms with E-state index in [1.165, 1.54) is 25.7 Å². The van der Waals surface area contributed by atoms with Gasteiger partial charge in [-0.25, -0.2) is 0 Å². The molecule has 3 heteroatoms. The number of hydrogen-bond donors (Lipinski definition) is 1. The third-order valence-corrected chi connectivity index (χ3v) is 4.74. The minimum absolute atomic E-state index is 0.0422. The zero-order valence-corrected chi connectivity index (χ0v) is 12.2. The second kappa shape index (κ2) is 5.50. The van der Waals surface area contributed by atoms with Crippen LogP contribution in [0, 0.1) is 19.8 Å². The van der Waals surface area contributed by atoms with Crippen molar-refractivity contribution in [3.8, 4) is 5.75 Å². The second-order valence-electron chi connectivity index (χ2n) is 5.32. The van der Waals surface area contributed by atoms with Gasteiger partial charge in [-0.1, -0.05) is 24.4 Å². The quantitative estimate of drug-likeness (QED) is 0.893. The molecule has 1 fully saturated rings. The molecule has 0 spiro atoms. The van der Waals surface area contributed by atoms with E-state index in [-0.39, 0.29) is 6.04 Å². The minimum atomic E-state index is 0.0422. The largest absolute Gasteiger partial charge is 0.496 e. The Kier molecular flexibility index (Phi) is 4.18. The average molecular weight is 268 g/mol. The fraction of sp³-hybridized carbons (Fsp3) is 0.600. The molecule has 0 heterocycles. The highest BCUT2D eigenvalue weighted by Crippen LogP contribution is 2.41. The molecule has 0 bridgehead atoms. The first-order chi connectivity index (χ1) is 8.56. The van der Waals surface area contributed by atoms with Gasteiger partial charge >= 0.3 is 0 Å². The molecule has 1 aromatic rings. The number of hydrogen-bond acceptors (Lipinski definition) is 2. The summed E-state index contributed by atoms with van der Waals surface area (Å²) in [6.45, 7) is 4.05. The van der Waals surface area contributed by atoms with Crippen molar-refractivity contribution in [3.63, 3.8) is 0 Å². The van der Waals surface area contributed by atoms with Crippen LogP contribution in [0.2, 0.25) is 5.02 Å². The lowest BCUT2D eigenvalue weighted by molar-refractivity contribution is 0.384. The topological polar surface area (TPSA) is 35.2 Å². The van der Waals surface area contributed by atoms with Crippen LogP contribution in [0.5, 0.6) is 5.75 Å². The van der Waals surface area contributed by atoms with Crippen LogP contribution >= 0.6 is 11.6 Å². The van der Waals surface area contributed by atoms with Gasteiger partial charge in [0.1, 0.15) is 5.75 Å². The van der Waals surface area contributed by atoms with E-state index in [2.05, 4.69) is 0 Å². The van der Waals surface area contributed by atoms with Gasteiger partial charge < -0.3 is 10.5 Å². The number of aryl methyl sites for hydroxylation is 1. The average Bonchev–Trinajstić information content (AvgIpc) is 2.88. The lowest BCUT2D eigenvalue weighted by Crippen LogP contribution is -2.21. The zero-order chi connectivity index (χ0) is 13.3. The molecule has 1 aliphatic carbocycles. The molecule has 1 unspecified atom stereocenters. The molecule has 1 atom stereocenters. The van der Waals surface area contributed by atoms with Crippen LogP contribution in [0.1, 0.15) is 48.4 Å². The third-order valence-electron chi connectivity index (χ3n) is 4.15. The fourth-order valence-electron chi connectivity index (χ4n) is 3.07. The Morgan fingerprint density at radius 2 is 1.94 bits per heavy atom. The summed E-state index contributed by atoms with van der Waals surface area (Å²) in [7, 11) is 1.70. The van der Waals surface area contributed by atoms with E-state index in [1.54, 1.807) is 7.11 Å². The molecule has 0 saturated heterocycles. The molecule has 18 heavy (non-hydrogen) atoms. The highest BCUT2D eigenvalue weighted by Gasteiger charge is 2.27. The van der Waals surface area contributed by atoms with Gasteiger partial charge in [0.25, 0.3) is 0 Å². The molecule has 0 aromatic heterocycles. The summed E-state index contributed by atoms with van der Waals surface area (Å²) < 4.78 is 5.50. The predicted octanol–water partition coefficient (Wildman–Crippen LogP) is 4.16. The van der Waals surface area contributed by atoms with Crippen LogP contribution in [-0.2, 0) is 0 Å². The van der Waals surface area contributed by atoms with E-state index < -0.39 is 0 Å². The Balaban J connectivity index is 2.44. The monoisotopic (exact) mass is 267 g/mol. The number of rotatable bonds is 3.